The molecule has 0 radical (unpaired) electrons. The molecule has 3 aromatic rings. The van der Waals surface area contributed by atoms with Crippen LogP contribution < -0.4 is 5.32 Å². The summed E-state index contributed by atoms with van der Waals surface area (Å²) in [7, 11) is 0. The first-order valence-electron chi connectivity index (χ1n) is 6.72. The molecule has 3 rings (SSSR count). The van der Waals surface area contributed by atoms with E-state index in [-0.39, 0.29) is 0 Å². The summed E-state index contributed by atoms with van der Waals surface area (Å²) in [6.07, 6.45) is 1.81. The van der Waals surface area contributed by atoms with Crippen LogP contribution in [0.5, 0.6) is 0 Å². The fourth-order valence-electron chi connectivity index (χ4n) is 2.27. The Kier molecular flexibility index (Phi) is 3.10. The van der Waals surface area contributed by atoms with E-state index in [4.69, 9.17) is 0 Å². The lowest BCUT2D eigenvalue weighted by Gasteiger charge is -2.07. The fraction of sp³-hybridized carbons (Fsp3) is 0.267. The molecule has 0 fully saturated rings. The Morgan fingerprint density at radius 2 is 2.05 bits per heavy atom. The third kappa shape index (κ3) is 2.11. The Bertz CT molecular complexity index is 760. The van der Waals surface area contributed by atoms with Crippen LogP contribution in [0.2, 0.25) is 0 Å². The zero-order valence-corrected chi connectivity index (χ0v) is 11.9. The van der Waals surface area contributed by atoms with E-state index in [1.165, 1.54) is 5.56 Å². The Balaban J connectivity index is 2.23. The Morgan fingerprint density at radius 3 is 2.80 bits per heavy atom. The van der Waals surface area contributed by atoms with Crippen LogP contribution in [0, 0.1) is 13.8 Å². The highest BCUT2D eigenvalue weighted by Gasteiger charge is 2.12. The van der Waals surface area contributed by atoms with Gasteiger partial charge < -0.3 is 5.32 Å². The van der Waals surface area contributed by atoms with Crippen molar-refractivity contribution in [3.05, 3.63) is 41.9 Å². The average Bonchev–Trinajstić information content (AvgIpc) is 2.82. The molecular weight excluding hydrogens is 250 g/mol. The van der Waals surface area contributed by atoms with Crippen molar-refractivity contribution in [3.8, 4) is 5.69 Å². The highest BCUT2D eigenvalue weighted by molar-refractivity contribution is 5.87. The minimum atomic E-state index is 0.739. The van der Waals surface area contributed by atoms with E-state index >= 15 is 0 Å². The number of hydrogen-bond donors (Lipinski definition) is 1. The topological polar surface area (TPSA) is 55.6 Å². The van der Waals surface area contributed by atoms with Crippen molar-refractivity contribution in [2.75, 3.05) is 11.9 Å². The molecule has 0 saturated heterocycles. The van der Waals surface area contributed by atoms with Gasteiger partial charge in [-0.15, -0.1) is 0 Å². The molecule has 2 aromatic heterocycles. The van der Waals surface area contributed by atoms with Gasteiger partial charge in [-0.3, -0.25) is 0 Å². The number of nitrogens with one attached hydrogen (secondary N) is 1. The molecule has 0 aliphatic heterocycles. The summed E-state index contributed by atoms with van der Waals surface area (Å²) in [5, 5.41) is 8.67. The van der Waals surface area contributed by atoms with Crippen molar-refractivity contribution in [1.29, 1.82) is 0 Å². The van der Waals surface area contributed by atoms with Crippen molar-refractivity contribution < 1.29 is 0 Å². The third-order valence-electron chi connectivity index (χ3n) is 3.13. The van der Waals surface area contributed by atoms with Crippen molar-refractivity contribution in [2.24, 2.45) is 0 Å². The number of benzene rings is 1. The maximum absolute atomic E-state index is 4.53. The van der Waals surface area contributed by atoms with E-state index in [9.17, 15) is 0 Å². The van der Waals surface area contributed by atoms with E-state index in [2.05, 4.69) is 39.4 Å². The molecule has 0 amide bonds. The SMILES string of the molecule is CCNc1nc(C)nc2c1cnn2-c1cccc(C)c1. The molecule has 0 bridgehead atoms. The van der Waals surface area contributed by atoms with E-state index in [1.807, 2.05) is 36.9 Å². The van der Waals surface area contributed by atoms with Crippen LogP contribution >= 0.6 is 0 Å². The second-order valence-corrected chi connectivity index (χ2v) is 4.78. The van der Waals surface area contributed by atoms with Gasteiger partial charge in [-0.2, -0.15) is 5.10 Å². The second kappa shape index (κ2) is 4.92. The highest BCUT2D eigenvalue weighted by Crippen LogP contribution is 2.22. The predicted octanol–water partition coefficient (Wildman–Crippen LogP) is 2.86. The van der Waals surface area contributed by atoms with Crippen molar-refractivity contribution in [2.45, 2.75) is 20.8 Å². The first-order valence-corrected chi connectivity index (χ1v) is 6.72. The molecule has 0 aliphatic carbocycles. The Morgan fingerprint density at radius 1 is 1.20 bits per heavy atom. The maximum atomic E-state index is 4.53. The van der Waals surface area contributed by atoms with Crippen molar-refractivity contribution >= 4 is 16.9 Å². The van der Waals surface area contributed by atoms with Gasteiger partial charge in [0.25, 0.3) is 0 Å². The van der Waals surface area contributed by atoms with Crippen molar-refractivity contribution in [1.82, 2.24) is 19.7 Å². The molecule has 20 heavy (non-hydrogen) atoms. The fourth-order valence-corrected chi connectivity index (χ4v) is 2.27. The summed E-state index contributed by atoms with van der Waals surface area (Å²) in [6, 6.07) is 8.22. The molecule has 5 heteroatoms. The van der Waals surface area contributed by atoms with Crippen LogP contribution in [-0.2, 0) is 0 Å². The van der Waals surface area contributed by atoms with Gasteiger partial charge in [0.1, 0.15) is 11.6 Å². The van der Waals surface area contributed by atoms with Gasteiger partial charge in [-0.1, -0.05) is 12.1 Å². The van der Waals surface area contributed by atoms with Crippen LogP contribution in [0.4, 0.5) is 5.82 Å². The largest absolute Gasteiger partial charge is 0.370 e. The highest BCUT2D eigenvalue weighted by atomic mass is 15.3. The summed E-state index contributed by atoms with van der Waals surface area (Å²) >= 11 is 0. The van der Waals surface area contributed by atoms with E-state index in [0.29, 0.717) is 0 Å². The zero-order chi connectivity index (χ0) is 14.1. The molecule has 102 valence electrons. The lowest BCUT2D eigenvalue weighted by Crippen LogP contribution is -2.04. The van der Waals surface area contributed by atoms with Crippen LogP contribution in [0.25, 0.3) is 16.7 Å². The van der Waals surface area contributed by atoms with Gasteiger partial charge in [-0.05, 0) is 38.5 Å². The molecule has 0 saturated carbocycles. The molecule has 2 heterocycles. The minimum absolute atomic E-state index is 0.739. The molecule has 5 nitrogen and oxygen atoms in total. The smallest absolute Gasteiger partial charge is 0.168 e. The summed E-state index contributed by atoms with van der Waals surface area (Å²) in [5.74, 6) is 1.58. The van der Waals surface area contributed by atoms with Crippen molar-refractivity contribution in [3.63, 3.8) is 0 Å². The monoisotopic (exact) mass is 267 g/mol. The zero-order valence-electron chi connectivity index (χ0n) is 11.9. The third-order valence-corrected chi connectivity index (χ3v) is 3.13. The number of fused-ring (bicyclic) bond motifs is 1. The number of hydrogen-bond acceptors (Lipinski definition) is 4. The van der Waals surface area contributed by atoms with E-state index in [0.717, 1.165) is 34.9 Å². The molecule has 1 aromatic carbocycles. The number of anilines is 1. The van der Waals surface area contributed by atoms with Gasteiger partial charge in [0, 0.05) is 6.54 Å². The number of aryl methyl sites for hydroxylation is 2. The Labute approximate surface area is 117 Å². The van der Waals surface area contributed by atoms with E-state index < -0.39 is 0 Å². The summed E-state index contributed by atoms with van der Waals surface area (Å²) in [5.41, 5.74) is 3.04. The molecular formula is C15H17N5. The van der Waals surface area contributed by atoms with Gasteiger partial charge in [-0.25, -0.2) is 14.6 Å². The van der Waals surface area contributed by atoms with E-state index in [1.54, 1.807) is 0 Å². The molecule has 1 N–H and O–H groups in total. The minimum Gasteiger partial charge on any atom is -0.370 e. The quantitative estimate of drug-likeness (QED) is 0.792. The standard InChI is InChI=1S/C15H17N5/c1-4-16-14-13-9-17-20(15(13)19-11(3)18-14)12-7-5-6-10(2)8-12/h5-9H,4H2,1-3H3,(H,16,18,19). The van der Waals surface area contributed by atoms with Crippen LogP contribution in [0.3, 0.4) is 0 Å². The maximum Gasteiger partial charge on any atom is 0.168 e. The molecule has 0 aliphatic rings. The van der Waals surface area contributed by atoms with Gasteiger partial charge in [0.05, 0.1) is 17.3 Å². The number of rotatable bonds is 3. The molecule has 0 unspecified atom stereocenters. The molecule has 0 spiro atoms. The average molecular weight is 267 g/mol. The lowest BCUT2D eigenvalue weighted by atomic mass is 10.2. The van der Waals surface area contributed by atoms with Crippen LogP contribution in [0.1, 0.15) is 18.3 Å². The van der Waals surface area contributed by atoms with Gasteiger partial charge in [0.2, 0.25) is 0 Å². The number of nitrogens with zero attached hydrogens (tertiary/aromatic N) is 4. The van der Waals surface area contributed by atoms with Crippen LogP contribution in [0.15, 0.2) is 30.5 Å². The summed E-state index contributed by atoms with van der Waals surface area (Å²) in [4.78, 5) is 8.97. The predicted molar refractivity (Wildman–Crippen MR) is 80.3 cm³/mol. The second-order valence-electron chi connectivity index (χ2n) is 4.78. The first-order chi connectivity index (χ1) is 9.69. The number of aromatic nitrogens is 4. The van der Waals surface area contributed by atoms with Gasteiger partial charge in [0.15, 0.2) is 5.65 Å². The molecule has 0 atom stereocenters. The first kappa shape index (κ1) is 12.6. The Hall–Kier alpha value is -2.43. The lowest BCUT2D eigenvalue weighted by molar-refractivity contribution is 0.888. The normalized spacial score (nSPS) is 10.9. The van der Waals surface area contributed by atoms with Gasteiger partial charge >= 0.3 is 0 Å². The van der Waals surface area contributed by atoms with Crippen LogP contribution in [-0.4, -0.2) is 26.3 Å². The summed E-state index contributed by atoms with van der Waals surface area (Å²) in [6.45, 7) is 6.84. The summed E-state index contributed by atoms with van der Waals surface area (Å²) < 4.78 is 1.86.